The van der Waals surface area contributed by atoms with Gasteiger partial charge in [-0.3, -0.25) is 10.1 Å². The molecule has 0 aliphatic rings. The van der Waals surface area contributed by atoms with E-state index in [0.29, 0.717) is 30.4 Å². The van der Waals surface area contributed by atoms with E-state index in [-0.39, 0.29) is 17.1 Å². The number of hydrogen-bond donors (Lipinski definition) is 1. The Morgan fingerprint density at radius 2 is 2.00 bits per heavy atom. The summed E-state index contributed by atoms with van der Waals surface area (Å²) in [5.74, 6) is 0. The van der Waals surface area contributed by atoms with Crippen LogP contribution < -0.4 is 4.72 Å². The van der Waals surface area contributed by atoms with Crippen LogP contribution >= 0.6 is 0 Å². The molecule has 0 unspecified atom stereocenters. The number of non-ortho nitro benzene ring substituents is 1. The summed E-state index contributed by atoms with van der Waals surface area (Å²) in [6.45, 7) is 3.45. The maximum atomic E-state index is 12.2. The first kappa shape index (κ1) is 17.1. The Labute approximate surface area is 123 Å². The van der Waals surface area contributed by atoms with Crippen LogP contribution in [0.4, 0.5) is 5.69 Å². The molecule has 0 fully saturated rings. The number of benzene rings is 1. The van der Waals surface area contributed by atoms with Crippen molar-refractivity contribution >= 4 is 15.7 Å². The molecule has 7 nitrogen and oxygen atoms in total. The topological polar surface area (TPSA) is 113 Å². The number of hydrogen-bond acceptors (Lipinski definition) is 5. The second kappa shape index (κ2) is 7.15. The van der Waals surface area contributed by atoms with Crippen LogP contribution in [0.1, 0.15) is 30.4 Å². The highest BCUT2D eigenvalue weighted by Crippen LogP contribution is 2.25. The van der Waals surface area contributed by atoms with Gasteiger partial charge in [-0.1, -0.05) is 0 Å². The fourth-order valence-corrected chi connectivity index (χ4v) is 3.22. The van der Waals surface area contributed by atoms with Crippen molar-refractivity contribution in [3.8, 4) is 6.07 Å². The molecule has 114 valence electrons. The van der Waals surface area contributed by atoms with Gasteiger partial charge in [-0.15, -0.1) is 0 Å². The lowest BCUT2D eigenvalue weighted by Gasteiger charge is -2.11. The number of nitro benzene ring substituents is 1. The van der Waals surface area contributed by atoms with Crippen molar-refractivity contribution in [2.24, 2.45) is 0 Å². The molecule has 1 aromatic carbocycles. The quantitative estimate of drug-likeness (QED) is 0.471. The highest BCUT2D eigenvalue weighted by atomic mass is 32.2. The molecule has 0 aromatic heterocycles. The van der Waals surface area contributed by atoms with Gasteiger partial charge in [0, 0.05) is 25.1 Å². The summed E-state index contributed by atoms with van der Waals surface area (Å²) in [4.78, 5) is 10.1. The third kappa shape index (κ3) is 4.51. The Hall–Kier alpha value is -1.98. The zero-order chi connectivity index (χ0) is 16.0. The van der Waals surface area contributed by atoms with Crippen LogP contribution in [0.15, 0.2) is 17.0 Å². The summed E-state index contributed by atoms with van der Waals surface area (Å²) in [7, 11) is -3.79. The van der Waals surface area contributed by atoms with Gasteiger partial charge < -0.3 is 0 Å². The summed E-state index contributed by atoms with van der Waals surface area (Å²) in [5.41, 5.74) is 0.794. The van der Waals surface area contributed by atoms with E-state index in [1.807, 2.05) is 6.07 Å². The van der Waals surface area contributed by atoms with Crippen molar-refractivity contribution in [2.45, 2.75) is 38.0 Å². The third-order valence-electron chi connectivity index (χ3n) is 3.11. The van der Waals surface area contributed by atoms with Gasteiger partial charge in [-0.2, -0.15) is 5.26 Å². The first-order valence-electron chi connectivity index (χ1n) is 6.42. The summed E-state index contributed by atoms with van der Waals surface area (Å²) in [5, 5.41) is 19.2. The number of rotatable bonds is 7. The minimum absolute atomic E-state index is 0.0746. The van der Waals surface area contributed by atoms with Crippen LogP contribution in [0.3, 0.4) is 0 Å². The van der Waals surface area contributed by atoms with E-state index in [1.54, 1.807) is 13.8 Å². The highest BCUT2D eigenvalue weighted by molar-refractivity contribution is 7.89. The largest absolute Gasteiger partial charge is 0.271 e. The van der Waals surface area contributed by atoms with E-state index < -0.39 is 14.9 Å². The molecule has 0 spiro atoms. The first-order valence-corrected chi connectivity index (χ1v) is 7.90. The Morgan fingerprint density at radius 3 is 2.57 bits per heavy atom. The lowest BCUT2D eigenvalue weighted by atomic mass is 10.1. The predicted molar refractivity (Wildman–Crippen MR) is 77.2 cm³/mol. The number of nitriles is 1. The van der Waals surface area contributed by atoms with E-state index in [2.05, 4.69) is 4.72 Å². The fourth-order valence-electron chi connectivity index (χ4n) is 1.81. The summed E-state index contributed by atoms with van der Waals surface area (Å²) < 4.78 is 26.8. The van der Waals surface area contributed by atoms with Crippen LogP contribution in [-0.4, -0.2) is 19.9 Å². The molecule has 0 aliphatic heterocycles. The van der Waals surface area contributed by atoms with Gasteiger partial charge in [0.15, 0.2) is 0 Å². The molecule has 0 saturated heterocycles. The van der Waals surface area contributed by atoms with E-state index in [9.17, 15) is 18.5 Å². The van der Waals surface area contributed by atoms with E-state index in [1.165, 1.54) is 6.07 Å². The second-order valence-electron chi connectivity index (χ2n) is 4.66. The molecule has 0 bridgehead atoms. The Balaban J connectivity index is 2.97. The van der Waals surface area contributed by atoms with E-state index in [0.717, 1.165) is 6.07 Å². The minimum Gasteiger partial charge on any atom is -0.258 e. The Morgan fingerprint density at radius 1 is 1.33 bits per heavy atom. The molecule has 0 atom stereocenters. The predicted octanol–water partition coefficient (Wildman–Crippen LogP) is 2.18. The first-order chi connectivity index (χ1) is 9.79. The molecule has 21 heavy (non-hydrogen) atoms. The zero-order valence-corrected chi connectivity index (χ0v) is 12.7. The van der Waals surface area contributed by atoms with Crippen LogP contribution in [0.5, 0.6) is 0 Å². The molecule has 8 heteroatoms. The van der Waals surface area contributed by atoms with Crippen molar-refractivity contribution in [1.82, 2.24) is 4.72 Å². The Bertz CT molecular complexity index is 677. The number of nitro groups is 1. The smallest absolute Gasteiger partial charge is 0.258 e. The number of nitrogens with zero attached hydrogens (tertiary/aromatic N) is 2. The molecule has 1 aromatic rings. The molecule has 0 radical (unpaired) electrons. The second-order valence-corrected chi connectivity index (χ2v) is 6.39. The maximum absolute atomic E-state index is 12.2. The summed E-state index contributed by atoms with van der Waals surface area (Å²) >= 11 is 0. The maximum Gasteiger partial charge on any atom is 0.271 e. The Kier molecular flexibility index (Phi) is 5.81. The van der Waals surface area contributed by atoms with E-state index >= 15 is 0 Å². The SMILES string of the molecule is Cc1cc([N+](=O)[O-])cc(S(=O)(=O)NCCCCC#N)c1C. The van der Waals surface area contributed by atoms with Crippen LogP contribution in [0.2, 0.25) is 0 Å². The van der Waals surface area contributed by atoms with Gasteiger partial charge in [-0.05, 0) is 37.8 Å². The number of aryl methyl sites for hydroxylation is 1. The molecule has 0 amide bonds. The average Bonchev–Trinajstić information content (AvgIpc) is 2.40. The number of unbranched alkanes of at least 4 members (excludes halogenated alkanes) is 2. The van der Waals surface area contributed by atoms with Crippen molar-refractivity contribution in [1.29, 1.82) is 5.26 Å². The van der Waals surface area contributed by atoms with Gasteiger partial charge in [0.05, 0.1) is 15.9 Å². The van der Waals surface area contributed by atoms with Gasteiger partial charge in [-0.25, -0.2) is 13.1 Å². The number of nitrogens with one attached hydrogen (secondary N) is 1. The van der Waals surface area contributed by atoms with Crippen LogP contribution in [-0.2, 0) is 10.0 Å². The summed E-state index contributed by atoms with van der Waals surface area (Å²) in [6, 6.07) is 4.40. The van der Waals surface area contributed by atoms with Crippen molar-refractivity contribution in [2.75, 3.05) is 6.54 Å². The average molecular weight is 311 g/mol. The zero-order valence-electron chi connectivity index (χ0n) is 11.9. The molecule has 0 aliphatic carbocycles. The monoisotopic (exact) mass is 311 g/mol. The van der Waals surface area contributed by atoms with Crippen molar-refractivity contribution in [3.05, 3.63) is 33.4 Å². The van der Waals surface area contributed by atoms with Crippen molar-refractivity contribution in [3.63, 3.8) is 0 Å². The van der Waals surface area contributed by atoms with Gasteiger partial charge in [0.25, 0.3) is 5.69 Å². The number of sulfonamides is 1. The molecule has 0 saturated carbocycles. The molecule has 1 rings (SSSR count). The minimum atomic E-state index is -3.79. The van der Waals surface area contributed by atoms with Crippen LogP contribution in [0, 0.1) is 35.3 Å². The fraction of sp³-hybridized carbons (Fsp3) is 0.462. The molecular formula is C13H17N3O4S. The summed E-state index contributed by atoms with van der Waals surface area (Å²) in [6.07, 6.45) is 1.52. The van der Waals surface area contributed by atoms with Gasteiger partial charge in [0.1, 0.15) is 0 Å². The molecule has 0 heterocycles. The van der Waals surface area contributed by atoms with Gasteiger partial charge >= 0.3 is 0 Å². The normalized spacial score (nSPS) is 11.1. The lowest BCUT2D eigenvalue weighted by molar-refractivity contribution is -0.385. The van der Waals surface area contributed by atoms with Crippen LogP contribution in [0.25, 0.3) is 0 Å². The third-order valence-corrected chi connectivity index (χ3v) is 4.70. The lowest BCUT2D eigenvalue weighted by Crippen LogP contribution is -2.25. The van der Waals surface area contributed by atoms with Crippen molar-refractivity contribution < 1.29 is 13.3 Å². The van der Waals surface area contributed by atoms with Gasteiger partial charge in [0.2, 0.25) is 10.0 Å². The molecule has 1 N–H and O–H groups in total. The highest BCUT2D eigenvalue weighted by Gasteiger charge is 2.21. The molecular weight excluding hydrogens is 294 g/mol. The van der Waals surface area contributed by atoms with E-state index in [4.69, 9.17) is 5.26 Å². The standard InChI is InChI=1S/C13H17N3O4S/c1-10-8-12(16(17)18)9-13(11(10)2)21(19,20)15-7-5-3-4-6-14/h8-9,15H,3-5,7H2,1-2H3.